The first-order chi connectivity index (χ1) is 18.0. The number of ether oxygens (including phenoxy) is 3. The van der Waals surface area contributed by atoms with Gasteiger partial charge in [-0.3, -0.25) is 19.2 Å². The Hall–Kier alpha value is -4.09. The third kappa shape index (κ3) is 11.3. The Bertz CT molecular complexity index is 1010. The summed E-state index contributed by atoms with van der Waals surface area (Å²) in [6.07, 6.45) is 2.55. The topological polar surface area (TPSA) is 169 Å². The minimum absolute atomic E-state index is 0.0303. The number of phenols is 1. The highest BCUT2D eigenvalue weighted by molar-refractivity contribution is 5.96. The summed E-state index contributed by atoms with van der Waals surface area (Å²) in [5.41, 5.74) is 0.593. The highest BCUT2D eigenvalue weighted by atomic mass is 16.5. The van der Waals surface area contributed by atoms with Gasteiger partial charge in [0.05, 0.1) is 26.9 Å². The predicted octanol–water partition coefficient (Wildman–Crippen LogP) is 1.06. The number of hydrogen-bond donors (Lipinski definition) is 4. The molecule has 12 nitrogen and oxygen atoms in total. The molecule has 4 N–H and O–H groups in total. The number of phenolic OH excluding ortho intramolecular Hbond substituents is 1. The molecule has 3 amide bonds. The van der Waals surface area contributed by atoms with Gasteiger partial charge in [0.15, 0.2) is 11.5 Å². The van der Waals surface area contributed by atoms with Crippen LogP contribution in [0.4, 0.5) is 0 Å². The molecule has 0 unspecified atom stereocenters. The number of aromatic hydroxyl groups is 1. The van der Waals surface area contributed by atoms with Crippen molar-refractivity contribution in [1.29, 1.82) is 0 Å². The molecule has 0 aliphatic rings. The number of rotatable bonds is 15. The largest absolute Gasteiger partial charge is 0.504 e. The predicted molar refractivity (Wildman–Crippen MR) is 138 cm³/mol. The molecule has 0 fully saturated rings. The SMILES string of the molecule is CCOC(=O)CC[C@@H](NC(=O)[C@@H](NC(=O)CNC(=O)/C=C/c1ccc(O)c(OC)c1)C(C)C)C(=O)OCC. The summed E-state index contributed by atoms with van der Waals surface area (Å²) in [5.74, 6) is -3.18. The lowest BCUT2D eigenvalue weighted by Gasteiger charge is -2.24. The number of methoxy groups -OCH3 is 1. The van der Waals surface area contributed by atoms with Crippen molar-refractivity contribution in [2.75, 3.05) is 26.9 Å². The minimum Gasteiger partial charge on any atom is -0.504 e. The van der Waals surface area contributed by atoms with Crippen LogP contribution >= 0.6 is 0 Å². The maximum atomic E-state index is 12.9. The van der Waals surface area contributed by atoms with Crippen molar-refractivity contribution in [2.24, 2.45) is 5.92 Å². The second kappa shape index (κ2) is 16.6. The van der Waals surface area contributed by atoms with Crippen LogP contribution in [0, 0.1) is 5.92 Å². The molecule has 2 atom stereocenters. The van der Waals surface area contributed by atoms with Crippen LogP contribution in [0.2, 0.25) is 0 Å². The maximum absolute atomic E-state index is 12.9. The molecule has 210 valence electrons. The van der Waals surface area contributed by atoms with Crippen molar-refractivity contribution in [3.8, 4) is 11.5 Å². The lowest BCUT2D eigenvalue weighted by molar-refractivity contribution is -0.149. The van der Waals surface area contributed by atoms with E-state index in [1.165, 1.54) is 31.4 Å². The van der Waals surface area contributed by atoms with E-state index in [0.717, 1.165) is 0 Å². The number of carbonyl (C=O) groups is 5. The van der Waals surface area contributed by atoms with Gasteiger partial charge in [0.2, 0.25) is 17.7 Å². The van der Waals surface area contributed by atoms with Crippen LogP contribution in [0.3, 0.4) is 0 Å². The average Bonchev–Trinajstić information content (AvgIpc) is 2.87. The van der Waals surface area contributed by atoms with Crippen LogP contribution in [0.25, 0.3) is 6.08 Å². The van der Waals surface area contributed by atoms with Gasteiger partial charge in [-0.15, -0.1) is 0 Å². The quantitative estimate of drug-likeness (QED) is 0.189. The van der Waals surface area contributed by atoms with E-state index >= 15 is 0 Å². The van der Waals surface area contributed by atoms with Crippen molar-refractivity contribution >= 4 is 35.7 Å². The summed E-state index contributed by atoms with van der Waals surface area (Å²) in [7, 11) is 1.40. The third-order valence-corrected chi connectivity index (χ3v) is 5.15. The number of amides is 3. The number of benzene rings is 1. The van der Waals surface area contributed by atoms with E-state index in [-0.39, 0.29) is 43.5 Å². The van der Waals surface area contributed by atoms with E-state index in [1.54, 1.807) is 33.8 Å². The molecule has 0 spiro atoms. The molecule has 1 aromatic carbocycles. The molecule has 0 aliphatic heterocycles. The lowest BCUT2D eigenvalue weighted by atomic mass is 10.0. The molecule has 0 saturated carbocycles. The van der Waals surface area contributed by atoms with Gasteiger partial charge in [-0.25, -0.2) is 4.79 Å². The fraction of sp³-hybridized carbons (Fsp3) is 0.500. The molecule has 0 aromatic heterocycles. The number of carbonyl (C=O) groups excluding carboxylic acids is 5. The molecule has 0 saturated heterocycles. The Kier molecular flexibility index (Phi) is 14.0. The van der Waals surface area contributed by atoms with Crippen molar-refractivity contribution in [1.82, 2.24) is 16.0 Å². The summed E-state index contributed by atoms with van der Waals surface area (Å²) in [6, 6.07) is 2.42. The van der Waals surface area contributed by atoms with Gasteiger partial charge in [0.1, 0.15) is 12.1 Å². The monoisotopic (exact) mass is 535 g/mol. The molecule has 38 heavy (non-hydrogen) atoms. The molecule has 0 radical (unpaired) electrons. The highest BCUT2D eigenvalue weighted by Crippen LogP contribution is 2.26. The minimum atomic E-state index is -1.10. The zero-order valence-electron chi connectivity index (χ0n) is 22.4. The first-order valence-corrected chi connectivity index (χ1v) is 12.3. The Balaban J connectivity index is 2.72. The average molecular weight is 536 g/mol. The summed E-state index contributed by atoms with van der Waals surface area (Å²) in [5, 5.41) is 17.1. The number of hydrogen-bond acceptors (Lipinski definition) is 9. The first kappa shape index (κ1) is 31.9. The molecule has 0 heterocycles. The van der Waals surface area contributed by atoms with Gasteiger partial charge >= 0.3 is 11.9 Å². The second-order valence-corrected chi connectivity index (χ2v) is 8.43. The normalized spacial score (nSPS) is 12.4. The van der Waals surface area contributed by atoms with Crippen molar-refractivity contribution in [3.05, 3.63) is 29.8 Å². The standard InChI is InChI=1S/C26H37N3O9/c1-6-37-23(33)13-10-18(26(35)38-7-2)28-25(34)24(16(3)4)29-22(32)15-27-21(31)12-9-17-8-11-19(30)20(14-17)36-5/h8-9,11-12,14,16,18,24,30H,6-7,10,13,15H2,1-5H3,(H,27,31)(H,28,34)(H,29,32)/b12-9+/t18-,24+/m1/s1. The Morgan fingerprint density at radius 3 is 2.32 bits per heavy atom. The summed E-state index contributed by atoms with van der Waals surface area (Å²) >= 11 is 0. The van der Waals surface area contributed by atoms with Crippen molar-refractivity contribution in [2.45, 2.75) is 52.6 Å². The Morgan fingerprint density at radius 1 is 1.03 bits per heavy atom. The van der Waals surface area contributed by atoms with E-state index in [2.05, 4.69) is 16.0 Å². The number of nitrogens with one attached hydrogen (secondary N) is 3. The van der Waals surface area contributed by atoms with Crippen molar-refractivity contribution in [3.63, 3.8) is 0 Å². The molecule has 12 heteroatoms. The van der Waals surface area contributed by atoms with Crippen LogP contribution < -0.4 is 20.7 Å². The van der Waals surface area contributed by atoms with Gasteiger partial charge in [0.25, 0.3) is 0 Å². The van der Waals surface area contributed by atoms with E-state index in [1.807, 2.05) is 0 Å². The smallest absolute Gasteiger partial charge is 0.328 e. The first-order valence-electron chi connectivity index (χ1n) is 12.3. The molecular formula is C26H37N3O9. The summed E-state index contributed by atoms with van der Waals surface area (Å²) < 4.78 is 14.9. The fourth-order valence-corrected chi connectivity index (χ4v) is 3.20. The van der Waals surface area contributed by atoms with E-state index in [0.29, 0.717) is 5.56 Å². The van der Waals surface area contributed by atoms with Crippen LogP contribution in [-0.4, -0.2) is 73.7 Å². The second-order valence-electron chi connectivity index (χ2n) is 8.43. The van der Waals surface area contributed by atoms with Gasteiger partial charge in [-0.05, 0) is 50.0 Å². The van der Waals surface area contributed by atoms with Crippen LogP contribution in [0.1, 0.15) is 46.1 Å². The van der Waals surface area contributed by atoms with Crippen LogP contribution in [-0.2, 0) is 33.4 Å². The molecule has 1 rings (SSSR count). The van der Waals surface area contributed by atoms with E-state index in [4.69, 9.17) is 14.2 Å². The van der Waals surface area contributed by atoms with Gasteiger partial charge in [0, 0.05) is 12.5 Å². The lowest BCUT2D eigenvalue weighted by Crippen LogP contribution is -2.55. The summed E-state index contributed by atoms with van der Waals surface area (Å²) in [4.78, 5) is 61.5. The fourth-order valence-electron chi connectivity index (χ4n) is 3.20. The maximum Gasteiger partial charge on any atom is 0.328 e. The van der Waals surface area contributed by atoms with Crippen molar-refractivity contribution < 1.29 is 43.3 Å². The molecule has 1 aromatic rings. The van der Waals surface area contributed by atoms with Gasteiger partial charge < -0.3 is 35.3 Å². The zero-order valence-corrected chi connectivity index (χ0v) is 22.4. The van der Waals surface area contributed by atoms with E-state index in [9.17, 15) is 29.1 Å². The zero-order chi connectivity index (χ0) is 28.7. The summed E-state index contributed by atoms with van der Waals surface area (Å²) in [6.45, 7) is 6.56. The highest BCUT2D eigenvalue weighted by Gasteiger charge is 2.30. The molecule has 0 aliphatic carbocycles. The third-order valence-electron chi connectivity index (χ3n) is 5.15. The Labute approximate surface area is 222 Å². The molecular weight excluding hydrogens is 498 g/mol. The van der Waals surface area contributed by atoms with E-state index < -0.39 is 48.3 Å². The van der Waals surface area contributed by atoms with Crippen LogP contribution in [0.5, 0.6) is 11.5 Å². The van der Waals surface area contributed by atoms with Gasteiger partial charge in [-0.2, -0.15) is 0 Å². The Morgan fingerprint density at radius 2 is 1.71 bits per heavy atom. The van der Waals surface area contributed by atoms with Gasteiger partial charge in [-0.1, -0.05) is 19.9 Å². The number of esters is 2. The molecule has 0 bridgehead atoms. The van der Waals surface area contributed by atoms with Crippen LogP contribution in [0.15, 0.2) is 24.3 Å².